The van der Waals surface area contributed by atoms with Gasteiger partial charge in [0.2, 0.25) is 0 Å². The largest absolute Gasteiger partial charge is 0.0654 e. The Morgan fingerprint density at radius 1 is 0.600 bits per heavy atom. The number of hydrogen-bond donors (Lipinski definition) is 0. The molecule has 0 N–H and O–H groups in total. The van der Waals surface area contributed by atoms with Crippen molar-refractivity contribution in [1.29, 1.82) is 0 Å². The molecule has 0 heterocycles. The first kappa shape index (κ1) is 15.0. The highest BCUT2D eigenvalue weighted by Gasteiger charge is 2.09. The Balaban J connectivity index is 3.51. The van der Waals surface area contributed by atoms with Crippen LogP contribution in [0.1, 0.15) is 79.6 Å². The summed E-state index contributed by atoms with van der Waals surface area (Å²) in [5.41, 5.74) is 0. The molecule has 0 aromatic rings. The fraction of sp³-hybridized carbons (Fsp3) is 1.00. The molecule has 0 aromatic heterocycles. The quantitative estimate of drug-likeness (QED) is 0.462. The van der Waals surface area contributed by atoms with Crippen LogP contribution in [0, 0.1) is 17.8 Å². The molecule has 0 amide bonds. The van der Waals surface area contributed by atoms with Crippen molar-refractivity contribution in [3.63, 3.8) is 0 Å². The molecule has 3 atom stereocenters. The summed E-state index contributed by atoms with van der Waals surface area (Å²) in [5.74, 6) is 2.82. The van der Waals surface area contributed by atoms with Gasteiger partial charge in [-0.05, 0) is 24.2 Å². The monoisotopic (exact) mass is 212 g/mol. The van der Waals surface area contributed by atoms with E-state index in [9.17, 15) is 0 Å². The van der Waals surface area contributed by atoms with Crippen molar-refractivity contribution in [3.05, 3.63) is 0 Å². The standard InChI is InChI=1S/C15H32/c1-6-8-13(3)10-11-15(5)12-14(4)9-7-2/h13-15H,6-12H2,1-5H3. The van der Waals surface area contributed by atoms with Crippen molar-refractivity contribution in [2.45, 2.75) is 79.6 Å². The molecule has 92 valence electrons. The van der Waals surface area contributed by atoms with E-state index < -0.39 is 0 Å². The van der Waals surface area contributed by atoms with Crippen LogP contribution >= 0.6 is 0 Å². The van der Waals surface area contributed by atoms with E-state index in [0.29, 0.717) is 0 Å². The van der Waals surface area contributed by atoms with E-state index in [2.05, 4.69) is 34.6 Å². The van der Waals surface area contributed by atoms with Crippen LogP contribution in [0.2, 0.25) is 0 Å². The minimum atomic E-state index is 0.936. The Bertz CT molecular complexity index is 128. The average Bonchev–Trinajstić information content (AvgIpc) is 2.15. The molecule has 0 aliphatic rings. The lowest BCUT2D eigenvalue weighted by molar-refractivity contribution is 0.341. The van der Waals surface area contributed by atoms with Crippen LogP contribution in [0.15, 0.2) is 0 Å². The van der Waals surface area contributed by atoms with Gasteiger partial charge in [-0.25, -0.2) is 0 Å². The van der Waals surface area contributed by atoms with Gasteiger partial charge in [0.25, 0.3) is 0 Å². The summed E-state index contributed by atoms with van der Waals surface area (Å²) >= 11 is 0. The second kappa shape index (κ2) is 9.24. The van der Waals surface area contributed by atoms with Gasteiger partial charge in [0.15, 0.2) is 0 Å². The lowest BCUT2D eigenvalue weighted by Crippen LogP contribution is -2.05. The van der Waals surface area contributed by atoms with Gasteiger partial charge >= 0.3 is 0 Å². The first-order valence-electron chi connectivity index (χ1n) is 7.10. The first-order chi connectivity index (χ1) is 7.10. The molecule has 0 heteroatoms. The van der Waals surface area contributed by atoms with Crippen LogP contribution < -0.4 is 0 Å². The summed E-state index contributed by atoms with van der Waals surface area (Å²) in [4.78, 5) is 0. The zero-order chi connectivity index (χ0) is 11.7. The molecule has 0 aromatic carbocycles. The topological polar surface area (TPSA) is 0 Å². The highest BCUT2D eigenvalue weighted by atomic mass is 14.2. The maximum Gasteiger partial charge on any atom is -0.0440 e. The fourth-order valence-electron chi connectivity index (χ4n) is 2.62. The molecule has 0 radical (unpaired) electrons. The van der Waals surface area contributed by atoms with Crippen LogP contribution in [0.3, 0.4) is 0 Å². The molecule has 15 heavy (non-hydrogen) atoms. The van der Waals surface area contributed by atoms with E-state index in [1.54, 1.807) is 0 Å². The van der Waals surface area contributed by atoms with Crippen molar-refractivity contribution >= 4 is 0 Å². The van der Waals surface area contributed by atoms with Crippen LogP contribution in [0.4, 0.5) is 0 Å². The summed E-state index contributed by atoms with van der Waals surface area (Å²) in [6.45, 7) is 11.8. The Hall–Kier alpha value is 0. The Kier molecular flexibility index (Phi) is 9.24. The Labute approximate surface area is 97.8 Å². The molecule has 0 aliphatic carbocycles. The normalized spacial score (nSPS) is 17.4. The first-order valence-corrected chi connectivity index (χ1v) is 7.10. The third kappa shape index (κ3) is 8.96. The highest BCUT2D eigenvalue weighted by molar-refractivity contribution is 4.62. The van der Waals surface area contributed by atoms with E-state index in [0.717, 1.165) is 17.8 Å². The molecule has 3 unspecified atom stereocenters. The molecular weight excluding hydrogens is 180 g/mol. The minimum Gasteiger partial charge on any atom is -0.0654 e. The molecule has 0 saturated heterocycles. The summed E-state index contributed by atoms with van der Waals surface area (Å²) in [6.07, 6.45) is 9.84. The van der Waals surface area contributed by atoms with Gasteiger partial charge in [-0.15, -0.1) is 0 Å². The van der Waals surface area contributed by atoms with E-state index >= 15 is 0 Å². The SMILES string of the molecule is CCCC(C)CCC(C)CC(C)CCC. The molecule has 0 aliphatic heterocycles. The summed E-state index contributed by atoms with van der Waals surface area (Å²) in [6, 6.07) is 0. The fourth-order valence-corrected chi connectivity index (χ4v) is 2.62. The van der Waals surface area contributed by atoms with Crippen molar-refractivity contribution in [2.24, 2.45) is 17.8 Å². The maximum absolute atomic E-state index is 2.44. The number of rotatable bonds is 9. The molecule has 0 fully saturated rings. The van der Waals surface area contributed by atoms with Gasteiger partial charge in [0.05, 0.1) is 0 Å². The maximum atomic E-state index is 2.44. The summed E-state index contributed by atoms with van der Waals surface area (Å²) in [5, 5.41) is 0. The van der Waals surface area contributed by atoms with Gasteiger partial charge in [-0.3, -0.25) is 0 Å². The van der Waals surface area contributed by atoms with Crippen molar-refractivity contribution in [3.8, 4) is 0 Å². The van der Waals surface area contributed by atoms with E-state index in [-0.39, 0.29) is 0 Å². The minimum absolute atomic E-state index is 0.936. The Morgan fingerprint density at radius 2 is 1.00 bits per heavy atom. The predicted molar refractivity (Wildman–Crippen MR) is 71.2 cm³/mol. The number of hydrogen-bond acceptors (Lipinski definition) is 0. The highest BCUT2D eigenvalue weighted by Crippen LogP contribution is 2.23. The van der Waals surface area contributed by atoms with Crippen LogP contribution in [0.5, 0.6) is 0 Å². The van der Waals surface area contributed by atoms with Gasteiger partial charge < -0.3 is 0 Å². The molecule has 0 bridgehead atoms. The van der Waals surface area contributed by atoms with Gasteiger partial charge in [-0.2, -0.15) is 0 Å². The van der Waals surface area contributed by atoms with Crippen LogP contribution in [-0.4, -0.2) is 0 Å². The molecule has 0 saturated carbocycles. The second-order valence-corrected chi connectivity index (χ2v) is 5.71. The predicted octanol–water partition coefficient (Wildman–Crippen LogP) is 5.67. The van der Waals surface area contributed by atoms with Crippen molar-refractivity contribution in [2.75, 3.05) is 0 Å². The third-order valence-electron chi connectivity index (χ3n) is 3.52. The Morgan fingerprint density at radius 3 is 1.53 bits per heavy atom. The van der Waals surface area contributed by atoms with Crippen molar-refractivity contribution < 1.29 is 0 Å². The van der Waals surface area contributed by atoms with E-state index in [4.69, 9.17) is 0 Å². The summed E-state index contributed by atoms with van der Waals surface area (Å²) in [7, 11) is 0. The zero-order valence-corrected chi connectivity index (χ0v) is 11.7. The molecule has 0 rings (SSSR count). The lowest BCUT2D eigenvalue weighted by Gasteiger charge is -2.18. The second-order valence-electron chi connectivity index (χ2n) is 5.71. The lowest BCUT2D eigenvalue weighted by atomic mass is 9.88. The third-order valence-corrected chi connectivity index (χ3v) is 3.52. The summed E-state index contributed by atoms with van der Waals surface area (Å²) < 4.78 is 0. The van der Waals surface area contributed by atoms with E-state index in [1.807, 2.05) is 0 Å². The molecule has 0 spiro atoms. The van der Waals surface area contributed by atoms with Crippen LogP contribution in [0.25, 0.3) is 0 Å². The van der Waals surface area contributed by atoms with Crippen molar-refractivity contribution in [1.82, 2.24) is 0 Å². The van der Waals surface area contributed by atoms with Crippen LogP contribution in [-0.2, 0) is 0 Å². The smallest absolute Gasteiger partial charge is 0.0440 e. The van der Waals surface area contributed by atoms with E-state index in [1.165, 1.54) is 44.9 Å². The zero-order valence-electron chi connectivity index (χ0n) is 11.7. The molecular formula is C15H32. The van der Waals surface area contributed by atoms with Gasteiger partial charge in [0.1, 0.15) is 0 Å². The molecule has 0 nitrogen and oxygen atoms in total. The van der Waals surface area contributed by atoms with Gasteiger partial charge in [-0.1, -0.05) is 73.1 Å². The average molecular weight is 212 g/mol. The van der Waals surface area contributed by atoms with Gasteiger partial charge in [0, 0.05) is 0 Å².